The van der Waals surface area contributed by atoms with Gasteiger partial charge in [-0.25, -0.2) is 4.98 Å². The number of aliphatic hydroxyl groups is 1. The standard InChI is InChI=1S/C12H23N3OS/c1-5-11-14-7-10(17-11)6-13-8-12(2,16)9-15(3)4/h7,13,16H,5-6,8-9H2,1-4H3. The largest absolute Gasteiger partial charge is 0.388 e. The lowest BCUT2D eigenvalue weighted by Crippen LogP contribution is -2.45. The molecule has 1 aromatic rings. The van der Waals surface area contributed by atoms with E-state index >= 15 is 0 Å². The molecule has 0 saturated heterocycles. The van der Waals surface area contributed by atoms with Crippen LogP contribution in [0.25, 0.3) is 0 Å². The van der Waals surface area contributed by atoms with Gasteiger partial charge in [0, 0.05) is 30.7 Å². The average Bonchev–Trinajstić information content (AvgIpc) is 2.63. The van der Waals surface area contributed by atoms with E-state index in [-0.39, 0.29) is 0 Å². The van der Waals surface area contributed by atoms with Crippen LogP contribution in [0.2, 0.25) is 0 Å². The molecule has 0 aliphatic carbocycles. The van der Waals surface area contributed by atoms with Crippen molar-refractivity contribution in [1.29, 1.82) is 0 Å². The van der Waals surface area contributed by atoms with E-state index in [0.29, 0.717) is 13.1 Å². The van der Waals surface area contributed by atoms with Crippen molar-refractivity contribution < 1.29 is 5.11 Å². The van der Waals surface area contributed by atoms with Gasteiger partial charge >= 0.3 is 0 Å². The van der Waals surface area contributed by atoms with Crippen molar-refractivity contribution in [1.82, 2.24) is 15.2 Å². The van der Waals surface area contributed by atoms with E-state index in [2.05, 4.69) is 17.2 Å². The van der Waals surface area contributed by atoms with Crippen LogP contribution in [0, 0.1) is 0 Å². The van der Waals surface area contributed by atoms with Crippen molar-refractivity contribution in [3.8, 4) is 0 Å². The van der Waals surface area contributed by atoms with E-state index in [1.165, 1.54) is 9.88 Å². The Hall–Kier alpha value is -0.490. The van der Waals surface area contributed by atoms with Gasteiger partial charge in [-0.15, -0.1) is 11.3 Å². The van der Waals surface area contributed by atoms with Gasteiger partial charge in [0.2, 0.25) is 0 Å². The van der Waals surface area contributed by atoms with Gasteiger partial charge in [-0.3, -0.25) is 0 Å². The molecule has 0 fully saturated rings. The highest BCUT2D eigenvalue weighted by molar-refractivity contribution is 7.11. The summed E-state index contributed by atoms with van der Waals surface area (Å²) in [6, 6.07) is 0. The van der Waals surface area contributed by atoms with E-state index in [9.17, 15) is 5.11 Å². The first-order valence-electron chi connectivity index (χ1n) is 5.94. The van der Waals surface area contributed by atoms with E-state index < -0.39 is 5.60 Å². The summed E-state index contributed by atoms with van der Waals surface area (Å²) in [6.07, 6.45) is 2.90. The number of hydrogen-bond donors (Lipinski definition) is 2. The van der Waals surface area contributed by atoms with Crippen molar-refractivity contribution >= 4 is 11.3 Å². The molecule has 1 aromatic heterocycles. The molecule has 1 heterocycles. The summed E-state index contributed by atoms with van der Waals surface area (Å²) in [5.41, 5.74) is -0.693. The number of rotatable bonds is 7. The molecule has 2 N–H and O–H groups in total. The summed E-state index contributed by atoms with van der Waals surface area (Å²) in [5, 5.41) is 14.5. The van der Waals surface area contributed by atoms with Crippen LogP contribution >= 0.6 is 11.3 Å². The van der Waals surface area contributed by atoms with Crippen molar-refractivity contribution in [2.24, 2.45) is 0 Å². The highest BCUT2D eigenvalue weighted by atomic mass is 32.1. The predicted molar refractivity (Wildman–Crippen MR) is 72.4 cm³/mol. The Kier molecular flexibility index (Phi) is 5.52. The molecule has 0 bridgehead atoms. The second kappa shape index (κ2) is 6.44. The minimum Gasteiger partial charge on any atom is -0.388 e. The fourth-order valence-corrected chi connectivity index (χ4v) is 2.62. The summed E-state index contributed by atoms with van der Waals surface area (Å²) < 4.78 is 0. The van der Waals surface area contributed by atoms with Crippen LogP contribution in [-0.4, -0.2) is 47.8 Å². The highest BCUT2D eigenvalue weighted by Gasteiger charge is 2.20. The van der Waals surface area contributed by atoms with Crippen molar-refractivity contribution in [3.63, 3.8) is 0 Å². The first-order chi connectivity index (χ1) is 7.93. The fourth-order valence-electron chi connectivity index (χ4n) is 1.79. The molecule has 0 aromatic carbocycles. The van der Waals surface area contributed by atoms with Crippen LogP contribution < -0.4 is 5.32 Å². The molecule has 17 heavy (non-hydrogen) atoms. The maximum absolute atomic E-state index is 10.1. The molecule has 1 rings (SSSR count). The molecule has 0 radical (unpaired) electrons. The van der Waals surface area contributed by atoms with Crippen LogP contribution in [0.5, 0.6) is 0 Å². The van der Waals surface area contributed by atoms with E-state index in [1.807, 2.05) is 32.1 Å². The Bertz CT molecular complexity index is 336. The first-order valence-corrected chi connectivity index (χ1v) is 6.76. The molecule has 1 atom stereocenters. The number of likely N-dealkylation sites (N-methyl/N-ethyl adjacent to an activating group) is 1. The molecular weight excluding hydrogens is 234 g/mol. The van der Waals surface area contributed by atoms with Crippen LogP contribution in [-0.2, 0) is 13.0 Å². The summed E-state index contributed by atoms with van der Waals surface area (Å²) >= 11 is 1.73. The fraction of sp³-hybridized carbons (Fsp3) is 0.750. The molecule has 0 spiro atoms. The van der Waals surface area contributed by atoms with Gasteiger partial charge < -0.3 is 15.3 Å². The zero-order valence-electron chi connectivity index (χ0n) is 11.2. The first kappa shape index (κ1) is 14.6. The Balaban J connectivity index is 2.31. The van der Waals surface area contributed by atoms with Gasteiger partial charge in [0.1, 0.15) is 0 Å². The maximum atomic E-state index is 10.1. The number of aryl methyl sites for hydroxylation is 1. The van der Waals surface area contributed by atoms with E-state index in [1.54, 1.807) is 11.3 Å². The lowest BCUT2D eigenvalue weighted by atomic mass is 10.1. The van der Waals surface area contributed by atoms with Gasteiger partial charge in [-0.05, 0) is 27.4 Å². The smallest absolute Gasteiger partial charge is 0.0925 e. The quantitative estimate of drug-likeness (QED) is 0.768. The van der Waals surface area contributed by atoms with Gasteiger partial charge in [-0.1, -0.05) is 6.92 Å². The predicted octanol–water partition coefficient (Wildman–Crippen LogP) is 1.11. The molecule has 1 unspecified atom stereocenters. The third-order valence-electron chi connectivity index (χ3n) is 2.37. The maximum Gasteiger partial charge on any atom is 0.0925 e. The summed E-state index contributed by atoms with van der Waals surface area (Å²) in [6.45, 7) is 5.98. The minimum atomic E-state index is -0.693. The van der Waals surface area contributed by atoms with E-state index in [0.717, 1.165) is 13.0 Å². The minimum absolute atomic E-state index is 0.588. The van der Waals surface area contributed by atoms with Gasteiger partial charge in [-0.2, -0.15) is 0 Å². The molecule has 0 saturated carbocycles. The Morgan fingerprint density at radius 2 is 2.24 bits per heavy atom. The third kappa shape index (κ3) is 5.59. The number of thiazole rings is 1. The Morgan fingerprint density at radius 1 is 1.53 bits per heavy atom. The number of nitrogens with one attached hydrogen (secondary N) is 1. The molecular formula is C12H23N3OS. The number of aromatic nitrogens is 1. The summed E-state index contributed by atoms with van der Waals surface area (Å²) in [7, 11) is 3.93. The normalized spacial score (nSPS) is 15.2. The topological polar surface area (TPSA) is 48.4 Å². The zero-order valence-corrected chi connectivity index (χ0v) is 12.0. The molecule has 98 valence electrons. The van der Waals surface area contributed by atoms with Crippen molar-refractivity contribution in [2.75, 3.05) is 27.2 Å². The van der Waals surface area contributed by atoms with Gasteiger partial charge in [0.15, 0.2) is 0 Å². The highest BCUT2D eigenvalue weighted by Crippen LogP contribution is 2.13. The summed E-state index contributed by atoms with van der Waals surface area (Å²) in [5.74, 6) is 0. The van der Waals surface area contributed by atoms with Crippen LogP contribution in [0.1, 0.15) is 23.7 Å². The van der Waals surface area contributed by atoms with Crippen molar-refractivity contribution in [3.05, 3.63) is 16.1 Å². The Morgan fingerprint density at radius 3 is 2.76 bits per heavy atom. The molecule has 0 aliphatic heterocycles. The number of hydrogen-bond acceptors (Lipinski definition) is 5. The summed E-state index contributed by atoms with van der Waals surface area (Å²) in [4.78, 5) is 7.52. The van der Waals surface area contributed by atoms with Crippen molar-refractivity contribution in [2.45, 2.75) is 32.4 Å². The third-order valence-corrected chi connectivity index (χ3v) is 3.51. The molecule has 5 heteroatoms. The lowest BCUT2D eigenvalue weighted by molar-refractivity contribution is 0.0336. The average molecular weight is 257 g/mol. The second-order valence-corrected chi connectivity index (χ2v) is 6.11. The van der Waals surface area contributed by atoms with Gasteiger partial charge in [0.05, 0.1) is 10.6 Å². The van der Waals surface area contributed by atoms with Crippen LogP contribution in [0.4, 0.5) is 0 Å². The molecule has 4 nitrogen and oxygen atoms in total. The monoisotopic (exact) mass is 257 g/mol. The second-order valence-electron chi connectivity index (χ2n) is 4.91. The Labute approximate surface area is 108 Å². The molecule has 0 aliphatic rings. The van der Waals surface area contributed by atoms with Crippen LogP contribution in [0.3, 0.4) is 0 Å². The zero-order chi connectivity index (χ0) is 12.9. The lowest BCUT2D eigenvalue weighted by Gasteiger charge is -2.27. The SMILES string of the molecule is CCc1ncc(CNCC(C)(O)CN(C)C)s1. The number of nitrogens with zero attached hydrogens (tertiary/aromatic N) is 2. The van der Waals surface area contributed by atoms with Crippen LogP contribution in [0.15, 0.2) is 6.20 Å². The van der Waals surface area contributed by atoms with E-state index in [4.69, 9.17) is 0 Å². The van der Waals surface area contributed by atoms with Gasteiger partial charge in [0.25, 0.3) is 0 Å². The molecule has 0 amide bonds.